The Kier molecular flexibility index (Phi) is 4.54. The fourth-order valence-electron chi connectivity index (χ4n) is 5.02. The number of nitrogens with zero attached hydrogens (tertiary/aromatic N) is 1. The van der Waals surface area contributed by atoms with Crippen LogP contribution in [0.25, 0.3) is 22.4 Å². The molecule has 148 valence electrons. The summed E-state index contributed by atoms with van der Waals surface area (Å²) in [5.41, 5.74) is 6.91. The number of fused-ring (bicyclic) bond motifs is 3. The summed E-state index contributed by atoms with van der Waals surface area (Å²) < 4.78 is 5.44. The molecule has 2 bridgehead atoms. The largest absolute Gasteiger partial charge is 0.463 e. The highest BCUT2D eigenvalue weighted by molar-refractivity contribution is 6.07. The number of hydrogen-bond acceptors (Lipinski definition) is 4. The molecule has 2 heterocycles. The van der Waals surface area contributed by atoms with Crippen LogP contribution in [0.5, 0.6) is 0 Å². The van der Waals surface area contributed by atoms with E-state index in [9.17, 15) is 9.59 Å². The highest BCUT2D eigenvalue weighted by atomic mass is 16.3. The Hall–Kier alpha value is -3.15. The average Bonchev–Trinajstić information content (AvgIpc) is 3.49. The second-order valence-corrected chi connectivity index (χ2v) is 8.19. The van der Waals surface area contributed by atoms with Crippen molar-refractivity contribution >= 4 is 22.7 Å². The maximum Gasteiger partial charge on any atom is 0.270 e. The van der Waals surface area contributed by atoms with Gasteiger partial charge in [0.2, 0.25) is 5.91 Å². The van der Waals surface area contributed by atoms with Gasteiger partial charge < -0.3 is 4.42 Å². The van der Waals surface area contributed by atoms with E-state index in [1.165, 1.54) is 19.3 Å². The number of pyridine rings is 1. The molecule has 2 saturated carbocycles. The Morgan fingerprint density at radius 3 is 2.72 bits per heavy atom. The zero-order valence-electron chi connectivity index (χ0n) is 16.1. The van der Waals surface area contributed by atoms with Crippen molar-refractivity contribution in [2.45, 2.75) is 32.1 Å². The van der Waals surface area contributed by atoms with Gasteiger partial charge in [-0.2, -0.15) is 0 Å². The molecule has 2 aromatic heterocycles. The van der Waals surface area contributed by atoms with Crippen molar-refractivity contribution < 1.29 is 14.0 Å². The van der Waals surface area contributed by atoms with Gasteiger partial charge in [-0.1, -0.05) is 24.6 Å². The summed E-state index contributed by atoms with van der Waals surface area (Å²) in [6.45, 7) is 0. The first kappa shape index (κ1) is 17.9. The number of carbonyl (C=O) groups excluding carboxylic acids is 2. The van der Waals surface area contributed by atoms with E-state index >= 15 is 0 Å². The van der Waals surface area contributed by atoms with E-state index in [0.717, 1.165) is 17.7 Å². The Balaban J connectivity index is 1.32. The summed E-state index contributed by atoms with van der Waals surface area (Å²) in [6.07, 6.45) is 7.02. The number of benzene rings is 1. The van der Waals surface area contributed by atoms with E-state index in [-0.39, 0.29) is 11.8 Å². The van der Waals surface area contributed by atoms with Crippen molar-refractivity contribution in [2.75, 3.05) is 0 Å². The minimum absolute atomic E-state index is 0.125. The number of carbonyl (C=O) groups is 2. The molecule has 2 fully saturated rings. The lowest BCUT2D eigenvalue weighted by atomic mass is 9.86. The number of para-hydroxylation sites is 1. The first-order valence-corrected chi connectivity index (χ1v) is 10.2. The molecule has 3 atom stereocenters. The Labute approximate surface area is 168 Å². The molecule has 2 N–H and O–H groups in total. The van der Waals surface area contributed by atoms with Crippen LogP contribution in [0.3, 0.4) is 0 Å². The van der Waals surface area contributed by atoms with E-state index in [2.05, 4.69) is 15.8 Å². The lowest BCUT2D eigenvalue weighted by molar-refractivity contribution is -0.123. The van der Waals surface area contributed by atoms with Gasteiger partial charge in [-0.25, -0.2) is 4.98 Å². The molecule has 2 amide bonds. The van der Waals surface area contributed by atoms with Gasteiger partial charge in [0.05, 0.1) is 17.3 Å². The quantitative estimate of drug-likeness (QED) is 0.659. The zero-order chi connectivity index (χ0) is 19.8. The molecule has 1 aromatic carbocycles. The van der Waals surface area contributed by atoms with Crippen LogP contribution in [0.15, 0.2) is 53.1 Å². The van der Waals surface area contributed by atoms with Crippen LogP contribution in [-0.2, 0) is 4.79 Å². The van der Waals surface area contributed by atoms with E-state index in [1.54, 1.807) is 24.5 Å². The number of rotatable bonds is 4. The van der Waals surface area contributed by atoms with Gasteiger partial charge in [-0.15, -0.1) is 0 Å². The standard InChI is InChI=1S/C23H23N3O3/c27-22(12-16-11-14-7-8-15(16)10-14)25-26-23(28)18-13-20(21-6-3-9-29-21)24-19-5-2-1-4-17(18)19/h1-6,9,13-16H,7-8,10-12H2,(H,25,27)(H,26,28)/t14-,15-,16+/m1/s1. The van der Waals surface area contributed by atoms with Crippen LogP contribution in [0.2, 0.25) is 0 Å². The number of furan rings is 1. The maximum absolute atomic E-state index is 12.9. The van der Waals surface area contributed by atoms with Gasteiger partial charge in [-0.05, 0) is 61.3 Å². The summed E-state index contributed by atoms with van der Waals surface area (Å²) in [6, 6.07) is 12.7. The van der Waals surface area contributed by atoms with Crippen molar-refractivity contribution in [1.29, 1.82) is 0 Å². The number of amides is 2. The zero-order valence-corrected chi connectivity index (χ0v) is 16.1. The van der Waals surface area contributed by atoms with Gasteiger partial charge in [0.25, 0.3) is 5.91 Å². The highest BCUT2D eigenvalue weighted by Gasteiger charge is 2.40. The highest BCUT2D eigenvalue weighted by Crippen LogP contribution is 2.49. The van der Waals surface area contributed by atoms with E-state index in [4.69, 9.17) is 4.42 Å². The Bertz CT molecular complexity index is 1060. The molecule has 0 unspecified atom stereocenters. The molecule has 6 nitrogen and oxygen atoms in total. The lowest BCUT2D eigenvalue weighted by Crippen LogP contribution is -2.42. The number of hydrogen-bond donors (Lipinski definition) is 2. The van der Waals surface area contributed by atoms with E-state index in [0.29, 0.717) is 40.8 Å². The van der Waals surface area contributed by atoms with Crippen LogP contribution in [0.4, 0.5) is 0 Å². The van der Waals surface area contributed by atoms with Gasteiger partial charge in [-0.3, -0.25) is 20.4 Å². The predicted octanol–water partition coefficient (Wildman–Crippen LogP) is 4.08. The third-order valence-electron chi connectivity index (χ3n) is 6.38. The van der Waals surface area contributed by atoms with Gasteiger partial charge in [0.15, 0.2) is 5.76 Å². The summed E-state index contributed by atoms with van der Waals surface area (Å²) in [5.74, 6) is 2.04. The molecule has 6 heteroatoms. The maximum atomic E-state index is 12.9. The molecular weight excluding hydrogens is 366 g/mol. The molecule has 2 aliphatic carbocycles. The molecule has 0 spiro atoms. The third kappa shape index (κ3) is 3.50. The normalized spacial score (nSPS) is 22.7. The smallest absolute Gasteiger partial charge is 0.270 e. The molecule has 2 aliphatic rings. The van der Waals surface area contributed by atoms with Crippen molar-refractivity contribution in [1.82, 2.24) is 15.8 Å². The molecule has 5 rings (SSSR count). The molecule has 0 aliphatic heterocycles. The number of hydrazine groups is 1. The Morgan fingerprint density at radius 2 is 1.97 bits per heavy atom. The summed E-state index contributed by atoms with van der Waals surface area (Å²) in [7, 11) is 0. The first-order valence-electron chi connectivity index (χ1n) is 10.2. The minimum Gasteiger partial charge on any atom is -0.463 e. The second-order valence-electron chi connectivity index (χ2n) is 8.19. The monoisotopic (exact) mass is 389 g/mol. The summed E-state index contributed by atoms with van der Waals surface area (Å²) >= 11 is 0. The Morgan fingerprint density at radius 1 is 1.07 bits per heavy atom. The SMILES string of the molecule is O=C(C[C@@H]1C[C@@H]2CC[C@@H]1C2)NNC(=O)c1cc(-c2ccco2)nc2ccccc12. The van der Waals surface area contributed by atoms with Crippen LogP contribution in [0, 0.1) is 17.8 Å². The lowest BCUT2D eigenvalue weighted by Gasteiger charge is -2.21. The van der Waals surface area contributed by atoms with Crippen LogP contribution in [-0.4, -0.2) is 16.8 Å². The number of nitrogens with one attached hydrogen (secondary N) is 2. The van der Waals surface area contributed by atoms with Gasteiger partial charge >= 0.3 is 0 Å². The van der Waals surface area contributed by atoms with Crippen molar-refractivity contribution in [3.05, 3.63) is 54.3 Å². The fourth-order valence-corrected chi connectivity index (χ4v) is 5.02. The second kappa shape index (κ2) is 7.35. The van der Waals surface area contributed by atoms with Crippen LogP contribution in [0.1, 0.15) is 42.5 Å². The van der Waals surface area contributed by atoms with Crippen molar-refractivity contribution in [2.24, 2.45) is 17.8 Å². The molecule has 0 radical (unpaired) electrons. The first-order chi connectivity index (χ1) is 14.2. The molecule has 29 heavy (non-hydrogen) atoms. The average molecular weight is 389 g/mol. The topological polar surface area (TPSA) is 84.2 Å². The third-order valence-corrected chi connectivity index (χ3v) is 6.38. The van der Waals surface area contributed by atoms with Crippen LogP contribution < -0.4 is 10.9 Å². The van der Waals surface area contributed by atoms with Crippen LogP contribution >= 0.6 is 0 Å². The van der Waals surface area contributed by atoms with E-state index < -0.39 is 0 Å². The molecule has 3 aromatic rings. The fraction of sp³-hybridized carbons (Fsp3) is 0.348. The molecular formula is C23H23N3O3. The predicted molar refractivity (Wildman–Crippen MR) is 109 cm³/mol. The van der Waals surface area contributed by atoms with Crippen molar-refractivity contribution in [3.63, 3.8) is 0 Å². The summed E-state index contributed by atoms with van der Waals surface area (Å²) in [4.78, 5) is 29.8. The van der Waals surface area contributed by atoms with Gasteiger partial charge in [0, 0.05) is 11.8 Å². The van der Waals surface area contributed by atoms with Gasteiger partial charge in [0.1, 0.15) is 5.69 Å². The van der Waals surface area contributed by atoms with Crippen molar-refractivity contribution in [3.8, 4) is 11.5 Å². The molecule has 0 saturated heterocycles. The summed E-state index contributed by atoms with van der Waals surface area (Å²) in [5, 5.41) is 0.725. The number of aromatic nitrogens is 1. The van der Waals surface area contributed by atoms with E-state index in [1.807, 2.05) is 24.3 Å². The minimum atomic E-state index is -0.363.